The summed E-state index contributed by atoms with van der Waals surface area (Å²) in [6, 6.07) is 10.5. The normalized spacial score (nSPS) is 12.2. The molecule has 1 aromatic carbocycles. The summed E-state index contributed by atoms with van der Waals surface area (Å²) in [5, 5.41) is 4.62. The number of hydrogen-bond acceptors (Lipinski definition) is 1. The van der Waals surface area contributed by atoms with E-state index in [0.29, 0.717) is 0 Å². The fraction of sp³-hybridized carbons (Fsp3) is 0.385. The van der Waals surface area contributed by atoms with E-state index in [4.69, 9.17) is 0 Å². The van der Waals surface area contributed by atoms with Crippen molar-refractivity contribution in [2.45, 2.75) is 26.2 Å². The Bertz CT molecular complexity index is 480. The van der Waals surface area contributed by atoms with Crippen LogP contribution in [0.3, 0.4) is 0 Å². The van der Waals surface area contributed by atoms with E-state index in [1.54, 1.807) is 0 Å². The predicted molar refractivity (Wildman–Crippen MR) is 69.9 cm³/mol. The molecular weight excluding hydrogens is 215 g/mol. The molecular formula is C13H17N2P. The van der Waals surface area contributed by atoms with Crippen molar-refractivity contribution in [1.82, 2.24) is 9.78 Å². The van der Waals surface area contributed by atoms with Crippen LogP contribution in [0.5, 0.6) is 0 Å². The number of aromatic nitrogens is 2. The average molecular weight is 232 g/mol. The second-order valence-corrected chi connectivity index (χ2v) is 6.07. The average Bonchev–Trinajstić information content (AvgIpc) is 2.61. The molecule has 0 N–H and O–H groups in total. The van der Waals surface area contributed by atoms with Gasteiger partial charge < -0.3 is 0 Å². The highest BCUT2D eigenvalue weighted by atomic mass is 31.0. The third-order valence-electron chi connectivity index (χ3n) is 2.47. The molecule has 2 rings (SSSR count). The zero-order valence-corrected chi connectivity index (χ0v) is 11.1. The largest absolute Gasteiger partial charge is 0.263 e. The highest BCUT2D eigenvalue weighted by Crippen LogP contribution is 2.36. The molecule has 0 amide bonds. The van der Waals surface area contributed by atoms with Gasteiger partial charge in [-0.2, -0.15) is 5.10 Å². The van der Waals surface area contributed by atoms with Crippen molar-refractivity contribution in [3.63, 3.8) is 0 Å². The highest BCUT2D eigenvalue weighted by molar-refractivity contribution is 7.34. The summed E-state index contributed by atoms with van der Waals surface area (Å²) in [4.78, 5) is 0. The van der Waals surface area contributed by atoms with Crippen LogP contribution >= 0.6 is 8.19 Å². The maximum Gasteiger partial charge on any atom is 0.0951 e. The first kappa shape index (κ1) is 11.3. The lowest BCUT2D eigenvalue weighted by Gasteiger charge is -2.13. The van der Waals surface area contributed by atoms with Gasteiger partial charge in [0.1, 0.15) is 0 Å². The van der Waals surface area contributed by atoms with Gasteiger partial charge in [0.05, 0.1) is 10.9 Å². The van der Waals surface area contributed by atoms with Crippen LogP contribution in [0.1, 0.15) is 26.2 Å². The molecule has 0 bridgehead atoms. The number of nitrogens with zero attached hydrogens (tertiary/aromatic N) is 2. The molecule has 0 radical (unpaired) electrons. The van der Waals surface area contributed by atoms with Gasteiger partial charge >= 0.3 is 0 Å². The number of hydrogen-bond donors (Lipinski definition) is 0. The van der Waals surface area contributed by atoms with Crippen LogP contribution in [0.4, 0.5) is 0 Å². The van der Waals surface area contributed by atoms with E-state index in [0.717, 1.165) is 0 Å². The zero-order valence-electron chi connectivity index (χ0n) is 10.2. The van der Waals surface area contributed by atoms with E-state index >= 15 is 0 Å². The molecule has 0 aliphatic rings. The minimum Gasteiger partial charge on any atom is -0.263 e. The Morgan fingerprint density at radius 2 is 1.75 bits per heavy atom. The molecule has 2 aromatic rings. The zero-order chi connectivity index (χ0) is 11.8. The molecule has 1 aromatic heterocycles. The third kappa shape index (κ3) is 2.17. The van der Waals surface area contributed by atoms with Crippen LogP contribution in [0, 0.1) is 0 Å². The standard InChI is InChI=1S/C13H17N2P/c1-13(2,3)12-14-15(4)11(16-12)10-8-6-5-7-9-10/h5-9H,1-4H3. The molecule has 1 heterocycles. The van der Waals surface area contributed by atoms with Crippen LogP contribution in [0.2, 0.25) is 0 Å². The molecule has 16 heavy (non-hydrogen) atoms. The number of aryl methyl sites for hydroxylation is 1. The summed E-state index contributed by atoms with van der Waals surface area (Å²) in [6.07, 6.45) is 0. The number of benzene rings is 1. The van der Waals surface area contributed by atoms with Gasteiger partial charge in [0.2, 0.25) is 0 Å². The first-order valence-corrected chi connectivity index (χ1v) is 6.35. The predicted octanol–water partition coefficient (Wildman–Crippen LogP) is 3.96. The maximum atomic E-state index is 4.62. The fourth-order valence-electron chi connectivity index (χ4n) is 1.54. The SMILES string of the molecule is Cn1nc(C(C)(C)C)pc1-c1ccccc1. The Kier molecular flexibility index (Phi) is 2.86. The summed E-state index contributed by atoms with van der Waals surface area (Å²) < 4.78 is 2.00. The lowest BCUT2D eigenvalue weighted by Crippen LogP contribution is -2.11. The van der Waals surface area contributed by atoms with Gasteiger partial charge in [-0.25, -0.2) is 0 Å². The second-order valence-electron chi connectivity index (χ2n) is 5.00. The first-order valence-electron chi connectivity index (χ1n) is 5.45. The van der Waals surface area contributed by atoms with Crippen LogP contribution in [0.25, 0.3) is 11.0 Å². The van der Waals surface area contributed by atoms with E-state index in [9.17, 15) is 0 Å². The van der Waals surface area contributed by atoms with Crippen molar-refractivity contribution in [3.8, 4) is 11.0 Å². The van der Waals surface area contributed by atoms with Gasteiger partial charge in [0.15, 0.2) is 0 Å². The van der Waals surface area contributed by atoms with E-state index < -0.39 is 0 Å². The van der Waals surface area contributed by atoms with Crippen LogP contribution in [0.15, 0.2) is 30.3 Å². The summed E-state index contributed by atoms with van der Waals surface area (Å²) in [7, 11) is 3.25. The molecule has 0 saturated heterocycles. The van der Waals surface area contributed by atoms with Crippen molar-refractivity contribution in [3.05, 3.63) is 35.8 Å². The van der Waals surface area contributed by atoms with Gasteiger partial charge in [-0.1, -0.05) is 51.1 Å². The third-order valence-corrected chi connectivity index (χ3v) is 4.20. The van der Waals surface area contributed by atoms with Crippen molar-refractivity contribution in [2.75, 3.05) is 0 Å². The van der Waals surface area contributed by atoms with Crippen LogP contribution < -0.4 is 0 Å². The lowest BCUT2D eigenvalue weighted by molar-refractivity contribution is 0.562. The maximum absolute atomic E-state index is 4.62. The Balaban J connectivity index is 2.48. The second kappa shape index (κ2) is 4.03. The first-order chi connectivity index (χ1) is 7.48. The van der Waals surface area contributed by atoms with E-state index in [1.807, 2.05) is 17.8 Å². The van der Waals surface area contributed by atoms with E-state index in [1.165, 1.54) is 24.6 Å². The van der Waals surface area contributed by atoms with Gasteiger partial charge in [0.25, 0.3) is 0 Å². The van der Waals surface area contributed by atoms with Gasteiger partial charge in [-0.15, -0.1) is 0 Å². The lowest BCUT2D eigenvalue weighted by atomic mass is 9.98. The molecule has 0 aliphatic carbocycles. The Morgan fingerprint density at radius 1 is 1.12 bits per heavy atom. The van der Waals surface area contributed by atoms with Crippen LogP contribution in [-0.4, -0.2) is 9.78 Å². The summed E-state index contributed by atoms with van der Waals surface area (Å²) >= 11 is 0. The Morgan fingerprint density at radius 3 is 2.25 bits per heavy atom. The topological polar surface area (TPSA) is 17.8 Å². The molecule has 0 saturated carbocycles. The molecule has 0 atom stereocenters. The minimum absolute atomic E-state index is 0.145. The molecule has 84 valence electrons. The van der Waals surface area contributed by atoms with Crippen LogP contribution in [-0.2, 0) is 12.5 Å². The van der Waals surface area contributed by atoms with Crippen molar-refractivity contribution in [2.24, 2.45) is 7.05 Å². The smallest absolute Gasteiger partial charge is 0.0951 e. The monoisotopic (exact) mass is 232 g/mol. The van der Waals surface area contributed by atoms with Gasteiger partial charge in [-0.3, -0.25) is 4.68 Å². The summed E-state index contributed by atoms with van der Waals surface area (Å²) in [6.45, 7) is 6.63. The molecule has 0 spiro atoms. The molecule has 2 nitrogen and oxygen atoms in total. The quantitative estimate of drug-likeness (QED) is 0.727. The molecule has 0 unspecified atom stereocenters. The summed E-state index contributed by atoms with van der Waals surface area (Å²) in [5.74, 6) is 0. The van der Waals surface area contributed by atoms with E-state index in [2.05, 4.69) is 50.1 Å². The van der Waals surface area contributed by atoms with Crippen molar-refractivity contribution < 1.29 is 0 Å². The number of rotatable bonds is 1. The van der Waals surface area contributed by atoms with Gasteiger partial charge in [0, 0.05) is 18.0 Å². The molecule has 0 aliphatic heterocycles. The minimum atomic E-state index is 0.145. The molecule has 0 fully saturated rings. The summed E-state index contributed by atoms with van der Waals surface area (Å²) in [5.41, 5.74) is 3.90. The molecule has 3 heteroatoms. The Labute approximate surface area is 98.4 Å². The fourth-order valence-corrected chi connectivity index (χ4v) is 2.72. The van der Waals surface area contributed by atoms with Crippen molar-refractivity contribution >= 4 is 8.19 Å². The highest BCUT2D eigenvalue weighted by Gasteiger charge is 2.19. The van der Waals surface area contributed by atoms with Gasteiger partial charge in [-0.05, 0) is 8.19 Å². The van der Waals surface area contributed by atoms with Crippen molar-refractivity contribution in [1.29, 1.82) is 0 Å². The Hall–Kier alpha value is -1.14. The van der Waals surface area contributed by atoms with E-state index in [-0.39, 0.29) is 5.41 Å².